The van der Waals surface area contributed by atoms with Crippen molar-refractivity contribution in [3.05, 3.63) is 0 Å². The first kappa shape index (κ1) is 30.4. The Morgan fingerprint density at radius 3 is 1.11 bits per heavy atom. The largest absolute Gasteiger partial charge is 0.385 e. The molecule has 0 radical (unpaired) electrons. The molecule has 5 nitrogen and oxygen atoms in total. The quantitative estimate of drug-likeness (QED) is 0.158. The molecule has 0 aromatic heterocycles. The molecular weight excluding hydrogens is 440 g/mol. The number of hydrogen-bond donors (Lipinski definition) is 2. The van der Waals surface area contributed by atoms with Crippen LogP contribution in [0.5, 0.6) is 0 Å². The van der Waals surface area contributed by atoms with Crippen LogP contribution in [0.2, 0.25) is 0 Å². The molecular formula is C30H54O5. The minimum absolute atomic E-state index is 0.266. The third-order valence-corrected chi connectivity index (χ3v) is 8.31. The predicted molar refractivity (Wildman–Crippen MR) is 141 cm³/mol. The number of aliphatic hydroxyl groups excluding tert-OH is 2. The average molecular weight is 495 g/mol. The molecule has 0 saturated heterocycles. The van der Waals surface area contributed by atoms with Crippen LogP contribution in [0.3, 0.4) is 0 Å². The third-order valence-electron chi connectivity index (χ3n) is 8.31. The summed E-state index contributed by atoms with van der Waals surface area (Å²) in [5.74, 6) is -0.532. The van der Waals surface area contributed by atoms with Crippen LogP contribution in [0.25, 0.3) is 0 Å². The van der Waals surface area contributed by atoms with Gasteiger partial charge in [0.1, 0.15) is 23.4 Å². The average Bonchev–Trinajstić information content (AvgIpc) is 2.86. The van der Waals surface area contributed by atoms with E-state index in [9.17, 15) is 19.8 Å². The van der Waals surface area contributed by atoms with E-state index in [1.165, 1.54) is 77.0 Å². The lowest BCUT2D eigenvalue weighted by molar-refractivity contribution is -0.238. The molecule has 0 heterocycles. The molecule has 2 fully saturated rings. The van der Waals surface area contributed by atoms with E-state index in [1.807, 2.05) is 0 Å². The molecule has 0 aliphatic heterocycles. The van der Waals surface area contributed by atoms with E-state index in [0.29, 0.717) is 12.8 Å². The second-order valence-electron chi connectivity index (χ2n) is 11.4. The minimum Gasteiger partial charge on any atom is -0.385 e. The van der Waals surface area contributed by atoms with Gasteiger partial charge in [0, 0.05) is 12.8 Å². The van der Waals surface area contributed by atoms with E-state index >= 15 is 0 Å². The number of hydrogen-bond acceptors (Lipinski definition) is 5. The number of ketones is 2. The van der Waals surface area contributed by atoms with E-state index in [0.717, 1.165) is 38.5 Å². The molecule has 0 bridgehead atoms. The van der Waals surface area contributed by atoms with Crippen molar-refractivity contribution in [2.45, 2.75) is 179 Å². The summed E-state index contributed by atoms with van der Waals surface area (Å²) >= 11 is 0. The van der Waals surface area contributed by atoms with E-state index in [2.05, 4.69) is 13.8 Å². The lowest BCUT2D eigenvalue weighted by atomic mass is 9.68. The van der Waals surface area contributed by atoms with Gasteiger partial charge in [-0.2, -0.15) is 0 Å². The van der Waals surface area contributed by atoms with Crippen molar-refractivity contribution >= 4 is 11.6 Å². The smallest absolute Gasteiger partial charge is 0.193 e. The Balaban J connectivity index is 1.76. The molecule has 2 aliphatic carbocycles. The van der Waals surface area contributed by atoms with E-state index in [1.54, 1.807) is 0 Å². The minimum atomic E-state index is -1.03. The number of aliphatic hydroxyl groups is 2. The van der Waals surface area contributed by atoms with Crippen molar-refractivity contribution in [1.82, 2.24) is 0 Å². The molecule has 2 aliphatic rings. The summed E-state index contributed by atoms with van der Waals surface area (Å²) in [5, 5.41) is 20.0. The topological polar surface area (TPSA) is 83.8 Å². The summed E-state index contributed by atoms with van der Waals surface area (Å²) in [6.45, 7) is 4.46. The van der Waals surface area contributed by atoms with Crippen LogP contribution in [0.15, 0.2) is 0 Å². The van der Waals surface area contributed by atoms with Crippen molar-refractivity contribution in [3.63, 3.8) is 0 Å². The van der Waals surface area contributed by atoms with Gasteiger partial charge >= 0.3 is 0 Å². The second-order valence-corrected chi connectivity index (χ2v) is 11.4. The number of Topliss-reactive ketones (excluding diaryl/α,β-unsaturated/α-hetero) is 2. The molecule has 5 heteroatoms. The highest BCUT2D eigenvalue weighted by molar-refractivity contribution is 6.00. The maximum absolute atomic E-state index is 12.7. The van der Waals surface area contributed by atoms with Gasteiger partial charge in [0.2, 0.25) is 0 Å². The highest BCUT2D eigenvalue weighted by atomic mass is 16.5. The summed E-state index contributed by atoms with van der Waals surface area (Å²) < 4.78 is 6.39. The summed E-state index contributed by atoms with van der Waals surface area (Å²) in [7, 11) is 0. The zero-order valence-corrected chi connectivity index (χ0v) is 22.8. The molecule has 4 atom stereocenters. The lowest BCUT2D eigenvalue weighted by Gasteiger charge is -2.53. The van der Waals surface area contributed by atoms with E-state index in [4.69, 9.17) is 4.74 Å². The van der Waals surface area contributed by atoms with Crippen LogP contribution in [0.1, 0.15) is 155 Å². The molecule has 204 valence electrons. The Bertz CT molecular complexity index is 568. The van der Waals surface area contributed by atoms with Gasteiger partial charge in [0.25, 0.3) is 0 Å². The fourth-order valence-electron chi connectivity index (χ4n) is 5.91. The van der Waals surface area contributed by atoms with Gasteiger partial charge in [0.05, 0.1) is 0 Å². The zero-order valence-electron chi connectivity index (χ0n) is 22.8. The number of unbranched alkanes of at least 4 members (excludes halogenated alkanes) is 16. The van der Waals surface area contributed by atoms with Crippen LogP contribution < -0.4 is 0 Å². The van der Waals surface area contributed by atoms with E-state index < -0.39 is 23.4 Å². The first-order chi connectivity index (χ1) is 16.9. The Hall–Kier alpha value is -0.780. The van der Waals surface area contributed by atoms with Gasteiger partial charge in [-0.3, -0.25) is 9.59 Å². The molecule has 2 rings (SSSR count). The normalized spacial score (nSPS) is 28.2. The predicted octanol–water partition coefficient (Wildman–Crippen LogP) is 6.99. The first-order valence-corrected chi connectivity index (χ1v) is 15.1. The van der Waals surface area contributed by atoms with Gasteiger partial charge in [-0.25, -0.2) is 0 Å². The molecule has 35 heavy (non-hydrogen) atoms. The highest BCUT2D eigenvalue weighted by Gasteiger charge is 2.62. The highest BCUT2D eigenvalue weighted by Crippen LogP contribution is 2.47. The SMILES string of the molecule is CCCCCCCCCCCC1(OC2(CCCCCCCCCCC)CC(O)C2=O)CC(O)C1=O. The molecule has 0 aromatic carbocycles. The van der Waals surface area contributed by atoms with Crippen LogP contribution >= 0.6 is 0 Å². The van der Waals surface area contributed by atoms with Crippen LogP contribution in [0, 0.1) is 0 Å². The van der Waals surface area contributed by atoms with Crippen molar-refractivity contribution in [3.8, 4) is 0 Å². The first-order valence-electron chi connectivity index (χ1n) is 15.1. The standard InChI is InChI=1S/C30H54O5/c1-3-5-7-9-11-13-15-17-19-21-29(23-25(31)27(29)33)35-30(24-26(32)28(30)34)22-20-18-16-14-12-10-8-6-4-2/h25-26,31-32H,3-24H2,1-2H3. The van der Waals surface area contributed by atoms with Gasteiger partial charge in [-0.05, 0) is 12.8 Å². The van der Waals surface area contributed by atoms with Gasteiger partial charge in [-0.1, -0.05) is 129 Å². The second kappa shape index (κ2) is 16.1. The van der Waals surface area contributed by atoms with Crippen LogP contribution in [-0.2, 0) is 14.3 Å². The van der Waals surface area contributed by atoms with Gasteiger partial charge < -0.3 is 14.9 Å². The Morgan fingerprint density at radius 1 is 0.571 bits per heavy atom. The lowest BCUT2D eigenvalue weighted by Crippen LogP contribution is -2.69. The summed E-state index contributed by atoms with van der Waals surface area (Å²) in [4.78, 5) is 25.5. The van der Waals surface area contributed by atoms with E-state index in [-0.39, 0.29) is 24.4 Å². The fraction of sp³-hybridized carbons (Fsp3) is 0.933. The van der Waals surface area contributed by atoms with Crippen molar-refractivity contribution in [2.24, 2.45) is 0 Å². The number of ether oxygens (including phenoxy) is 1. The number of carbonyl (C=O) groups is 2. The van der Waals surface area contributed by atoms with Crippen molar-refractivity contribution < 1.29 is 24.5 Å². The number of carbonyl (C=O) groups excluding carboxylic acids is 2. The van der Waals surface area contributed by atoms with Crippen molar-refractivity contribution in [1.29, 1.82) is 0 Å². The Kier molecular flexibility index (Phi) is 14.0. The summed E-state index contributed by atoms with van der Waals surface area (Å²) in [5.41, 5.74) is -2.06. The van der Waals surface area contributed by atoms with Crippen molar-refractivity contribution in [2.75, 3.05) is 0 Å². The molecule has 2 N–H and O–H groups in total. The molecule has 0 spiro atoms. The summed E-state index contributed by atoms with van der Waals surface area (Å²) in [6, 6.07) is 0. The van der Waals surface area contributed by atoms with Crippen LogP contribution in [0.4, 0.5) is 0 Å². The Labute approximate surface area is 214 Å². The van der Waals surface area contributed by atoms with Gasteiger partial charge in [-0.15, -0.1) is 0 Å². The summed E-state index contributed by atoms with van der Waals surface area (Å²) in [6.07, 6.45) is 21.3. The Morgan fingerprint density at radius 2 is 0.857 bits per heavy atom. The third kappa shape index (κ3) is 9.23. The molecule has 2 saturated carbocycles. The monoisotopic (exact) mass is 494 g/mol. The molecule has 4 unspecified atom stereocenters. The molecule has 0 amide bonds. The molecule has 0 aromatic rings. The maximum Gasteiger partial charge on any atom is 0.193 e. The number of rotatable bonds is 22. The van der Waals surface area contributed by atoms with Gasteiger partial charge in [0.15, 0.2) is 11.6 Å². The zero-order chi connectivity index (χ0) is 25.6. The maximum atomic E-state index is 12.7. The fourth-order valence-corrected chi connectivity index (χ4v) is 5.91. The van der Waals surface area contributed by atoms with Crippen LogP contribution in [-0.4, -0.2) is 45.2 Å².